The lowest BCUT2D eigenvalue weighted by molar-refractivity contribution is 0.0625. The maximum Gasteiger partial charge on any atom is 0.278 e. The molecule has 0 fully saturated rings. The molecule has 8 nitrogen and oxygen atoms in total. The maximum absolute atomic E-state index is 15.0. The molecule has 4 heterocycles. The van der Waals surface area contributed by atoms with Crippen molar-refractivity contribution in [2.24, 2.45) is 0 Å². The molecule has 5 rings (SSSR count). The molecule has 1 unspecified atom stereocenters. The predicted molar refractivity (Wildman–Crippen MR) is 123 cm³/mol. The first-order valence-electron chi connectivity index (χ1n) is 11.1. The van der Waals surface area contributed by atoms with Gasteiger partial charge in [0.2, 0.25) is 11.2 Å². The number of fused-ring (bicyclic) bond motifs is 5. The zero-order valence-corrected chi connectivity index (χ0v) is 18.8. The minimum absolute atomic E-state index is 0.0106. The van der Waals surface area contributed by atoms with E-state index in [2.05, 4.69) is 4.98 Å². The topological polar surface area (TPSA) is 87.9 Å². The third-order valence-electron chi connectivity index (χ3n) is 6.23. The number of carbonyl (C=O) groups excluding carboxylic acids is 1. The molecule has 0 spiro atoms. The van der Waals surface area contributed by atoms with Gasteiger partial charge in [0.15, 0.2) is 23.0 Å². The number of amides is 1. The van der Waals surface area contributed by atoms with Crippen molar-refractivity contribution < 1.29 is 23.4 Å². The van der Waals surface area contributed by atoms with Crippen LogP contribution in [0.4, 0.5) is 8.78 Å². The van der Waals surface area contributed by atoms with Gasteiger partial charge in [-0.25, -0.2) is 4.39 Å². The fourth-order valence-corrected chi connectivity index (χ4v) is 4.54. The number of benzene rings is 1. The van der Waals surface area contributed by atoms with E-state index in [-0.39, 0.29) is 30.3 Å². The average Bonchev–Trinajstić information content (AvgIpc) is 2.89. The largest absolute Gasteiger partial charge is 0.502 e. The van der Waals surface area contributed by atoms with Crippen molar-refractivity contribution in [3.05, 3.63) is 99.8 Å². The third kappa shape index (κ3) is 3.71. The summed E-state index contributed by atoms with van der Waals surface area (Å²) in [6, 6.07) is 7.47. The number of ether oxygens (including phenoxy) is 1. The Morgan fingerprint density at radius 2 is 2.00 bits per heavy atom. The van der Waals surface area contributed by atoms with Gasteiger partial charge < -0.3 is 14.7 Å². The second-order valence-electron chi connectivity index (χ2n) is 8.23. The van der Waals surface area contributed by atoms with Gasteiger partial charge in [-0.05, 0) is 36.8 Å². The van der Waals surface area contributed by atoms with Crippen molar-refractivity contribution >= 4 is 5.91 Å². The highest BCUT2D eigenvalue weighted by atomic mass is 19.2. The van der Waals surface area contributed by atoms with Crippen LogP contribution in [0.1, 0.15) is 41.1 Å². The molecule has 0 aliphatic carbocycles. The van der Waals surface area contributed by atoms with E-state index in [1.54, 1.807) is 41.6 Å². The van der Waals surface area contributed by atoms with Crippen molar-refractivity contribution in [3.63, 3.8) is 0 Å². The molecule has 10 heteroatoms. The quantitative estimate of drug-likeness (QED) is 0.568. The van der Waals surface area contributed by atoms with Crippen molar-refractivity contribution in [2.75, 3.05) is 18.3 Å². The van der Waals surface area contributed by atoms with Gasteiger partial charge in [-0.15, -0.1) is 0 Å². The Morgan fingerprint density at radius 1 is 1.17 bits per heavy atom. The molecule has 0 saturated carbocycles. The summed E-state index contributed by atoms with van der Waals surface area (Å²) in [5, 5.41) is 12.3. The van der Waals surface area contributed by atoms with Crippen LogP contribution in [0.25, 0.3) is 0 Å². The van der Waals surface area contributed by atoms with Crippen LogP contribution in [0.15, 0.2) is 65.7 Å². The highest BCUT2D eigenvalue weighted by Gasteiger charge is 2.40. The average molecular weight is 480 g/mol. The van der Waals surface area contributed by atoms with Crippen LogP contribution in [-0.2, 0) is 0 Å². The van der Waals surface area contributed by atoms with E-state index < -0.39 is 40.8 Å². The summed E-state index contributed by atoms with van der Waals surface area (Å²) in [5.74, 6) is -3.71. The summed E-state index contributed by atoms with van der Waals surface area (Å²) in [5.41, 5.74) is -0.196. The Balaban J connectivity index is 1.84. The number of rotatable bonds is 2. The summed E-state index contributed by atoms with van der Waals surface area (Å²) in [6.45, 7) is 1.84. The molecule has 2 atom stereocenters. The van der Waals surface area contributed by atoms with Crippen molar-refractivity contribution in [2.45, 2.75) is 25.4 Å². The van der Waals surface area contributed by atoms with E-state index in [1.165, 1.54) is 21.8 Å². The minimum atomic E-state index is -1.14. The third-order valence-corrected chi connectivity index (χ3v) is 6.23. The minimum Gasteiger partial charge on any atom is -0.502 e. The Labute approximate surface area is 199 Å². The fraction of sp³-hybridized carbons (Fsp3) is 0.240. The molecule has 1 N–H and O–H groups in total. The first-order chi connectivity index (χ1) is 16.9. The Bertz CT molecular complexity index is 1380. The smallest absolute Gasteiger partial charge is 0.278 e. The number of hydrogen-bond acceptors (Lipinski definition) is 6. The van der Waals surface area contributed by atoms with E-state index in [0.717, 1.165) is 12.1 Å². The van der Waals surface area contributed by atoms with Gasteiger partial charge in [-0.2, -0.15) is 4.39 Å². The second-order valence-corrected chi connectivity index (χ2v) is 8.23. The van der Waals surface area contributed by atoms with Gasteiger partial charge in [-0.1, -0.05) is 19.1 Å². The summed E-state index contributed by atoms with van der Waals surface area (Å²) >= 11 is 0. The summed E-state index contributed by atoms with van der Waals surface area (Å²) in [4.78, 5) is 31.7. The number of aromatic nitrogens is 2. The highest BCUT2D eigenvalue weighted by molar-refractivity contribution is 5.96. The first kappa shape index (κ1) is 22.6. The van der Waals surface area contributed by atoms with E-state index in [0.29, 0.717) is 12.1 Å². The Morgan fingerprint density at radius 3 is 2.74 bits per heavy atom. The van der Waals surface area contributed by atoms with Crippen LogP contribution in [0.3, 0.4) is 0 Å². The van der Waals surface area contributed by atoms with Crippen LogP contribution >= 0.6 is 0 Å². The van der Waals surface area contributed by atoms with E-state index >= 15 is 4.39 Å². The van der Waals surface area contributed by atoms with Crippen LogP contribution in [0.2, 0.25) is 0 Å². The van der Waals surface area contributed by atoms with E-state index in [4.69, 9.17) is 4.74 Å². The Hall–Kier alpha value is -4.21. The summed E-state index contributed by atoms with van der Waals surface area (Å²) in [6.07, 6.45) is 6.83. The van der Waals surface area contributed by atoms with Crippen LogP contribution < -0.4 is 15.2 Å². The molecule has 3 aromatic rings. The predicted octanol–water partition coefficient (Wildman–Crippen LogP) is 3.10. The molecule has 180 valence electrons. The lowest BCUT2D eigenvalue weighted by Crippen LogP contribution is -2.57. The van der Waals surface area contributed by atoms with Gasteiger partial charge in [0.05, 0.1) is 11.7 Å². The molecule has 0 saturated heterocycles. The highest BCUT2D eigenvalue weighted by Crippen LogP contribution is 2.38. The number of halogens is 2. The molecule has 1 aromatic carbocycles. The van der Waals surface area contributed by atoms with Gasteiger partial charge in [0, 0.05) is 24.0 Å². The van der Waals surface area contributed by atoms with E-state index in [1.807, 2.05) is 6.92 Å². The first-order valence-corrected chi connectivity index (χ1v) is 11.1. The van der Waals surface area contributed by atoms with Crippen molar-refractivity contribution in [1.29, 1.82) is 0 Å². The monoisotopic (exact) mass is 480 g/mol. The Kier molecular flexibility index (Phi) is 5.72. The number of pyridine rings is 2. The molecule has 2 aromatic heterocycles. The standard InChI is InChI=1S/C25H22F2N4O4/c1-2-15-6-5-13-35-24-16(8-9-17(26)20(24)27)21(18-7-3-4-11-28-18)31-14-29(15)25(34)22-23(33)19(32)10-12-30(22)31/h3-12,15,21,33H,2,13-14H2,1H3/b6-5+/t15-,21?/m0/s1. The molecule has 2 aliphatic rings. The van der Waals surface area contributed by atoms with E-state index in [9.17, 15) is 19.1 Å². The van der Waals surface area contributed by atoms with Crippen LogP contribution in [0, 0.1) is 11.6 Å². The zero-order chi connectivity index (χ0) is 24.7. The molecule has 35 heavy (non-hydrogen) atoms. The van der Waals surface area contributed by atoms with Crippen molar-refractivity contribution in [1.82, 2.24) is 14.6 Å². The van der Waals surface area contributed by atoms with Gasteiger partial charge in [0.1, 0.15) is 19.3 Å². The number of hydrogen-bond donors (Lipinski definition) is 1. The second kappa shape index (κ2) is 8.86. The van der Waals surface area contributed by atoms with Crippen molar-refractivity contribution in [3.8, 4) is 11.5 Å². The maximum atomic E-state index is 15.0. The van der Waals surface area contributed by atoms with Gasteiger partial charge in [-0.3, -0.25) is 24.3 Å². The zero-order valence-electron chi connectivity index (χ0n) is 18.8. The van der Waals surface area contributed by atoms with Gasteiger partial charge >= 0.3 is 0 Å². The SMILES string of the molecule is CC[C@H]1/C=C/COc2c(ccc(F)c2F)C(c2ccccn2)N2CN1C(=O)c1c(O)c(=O)ccn12. The van der Waals surface area contributed by atoms with Crippen LogP contribution in [-0.4, -0.2) is 44.9 Å². The molecule has 2 aliphatic heterocycles. The number of nitrogens with zero attached hydrogens (tertiary/aromatic N) is 4. The number of aromatic hydroxyl groups is 1. The normalized spacial score (nSPS) is 20.4. The lowest BCUT2D eigenvalue weighted by Gasteiger charge is -2.45. The van der Waals surface area contributed by atoms with Gasteiger partial charge in [0.25, 0.3) is 5.91 Å². The number of carbonyl (C=O) groups is 1. The summed E-state index contributed by atoms with van der Waals surface area (Å²) < 4.78 is 36.4. The molecule has 2 bridgehead atoms. The molecular formula is C25H22F2N4O4. The molecule has 1 amide bonds. The lowest BCUT2D eigenvalue weighted by atomic mass is 10.00. The summed E-state index contributed by atoms with van der Waals surface area (Å²) in [7, 11) is 0. The van der Waals surface area contributed by atoms with Crippen LogP contribution in [0.5, 0.6) is 11.5 Å². The fourth-order valence-electron chi connectivity index (χ4n) is 4.54. The molecule has 0 radical (unpaired) electrons. The molecular weight excluding hydrogens is 458 g/mol.